The van der Waals surface area contributed by atoms with Gasteiger partial charge in [0.2, 0.25) is 0 Å². The second-order valence-corrected chi connectivity index (χ2v) is 8.94. The fourth-order valence-corrected chi connectivity index (χ4v) is 4.25. The third-order valence-corrected chi connectivity index (χ3v) is 6.29. The molecule has 0 unspecified atom stereocenters. The summed E-state index contributed by atoms with van der Waals surface area (Å²) in [7, 11) is 1.63. The van der Waals surface area contributed by atoms with Crippen LogP contribution in [0.15, 0.2) is 77.0 Å². The van der Waals surface area contributed by atoms with E-state index in [4.69, 9.17) is 9.47 Å². The molecule has 0 bridgehead atoms. The third-order valence-electron chi connectivity index (χ3n) is 5.35. The standard InChI is InChI=1S/C27H27N5O4S/c1-4-36-24-15-19(7-14-23(24)33)16-28-29-25(34)17-37-27-31-30-26(20-8-12-22(35-3)13-9-20)32(27)21-10-5-18(2)6-11-21/h5-16H,4,17H2,1-3H3,(H2,28,29,33,34)/p+1. The average molecular weight is 519 g/mol. The van der Waals surface area contributed by atoms with E-state index in [-0.39, 0.29) is 17.4 Å². The molecule has 3 N–H and O–H groups in total. The molecule has 10 heteroatoms. The number of ether oxygens (including phenoxy) is 2. The molecule has 0 saturated carbocycles. The van der Waals surface area contributed by atoms with Gasteiger partial charge in [0.25, 0.3) is 11.7 Å². The van der Waals surface area contributed by atoms with Crippen LogP contribution in [0.25, 0.3) is 17.1 Å². The Morgan fingerprint density at radius 2 is 1.92 bits per heavy atom. The van der Waals surface area contributed by atoms with E-state index in [1.165, 1.54) is 24.0 Å². The minimum absolute atomic E-state index is 0.0503. The second-order valence-electron chi connectivity index (χ2n) is 8.00. The number of aromatic nitrogens is 3. The molecule has 9 nitrogen and oxygen atoms in total. The first-order valence-electron chi connectivity index (χ1n) is 11.6. The first kappa shape index (κ1) is 25.8. The highest BCUT2D eigenvalue weighted by molar-refractivity contribution is 7.99. The lowest BCUT2D eigenvalue weighted by Crippen LogP contribution is -2.34. The lowest BCUT2D eigenvalue weighted by molar-refractivity contribution is -0.625. The molecule has 0 aliphatic carbocycles. The Hall–Kier alpha value is -4.31. The van der Waals surface area contributed by atoms with Crippen molar-refractivity contribution in [3.05, 3.63) is 77.9 Å². The number of methoxy groups -OCH3 is 1. The Morgan fingerprint density at radius 3 is 2.62 bits per heavy atom. The molecule has 3 aromatic carbocycles. The first-order chi connectivity index (χ1) is 18.0. The number of carbonyl (C=O) groups excluding carboxylic acids is 1. The highest BCUT2D eigenvalue weighted by Gasteiger charge is 2.24. The van der Waals surface area contributed by atoms with Crippen LogP contribution < -0.4 is 19.5 Å². The lowest BCUT2D eigenvalue weighted by atomic mass is 10.2. The molecular formula is C27H28N5O4S+. The Morgan fingerprint density at radius 1 is 1.16 bits per heavy atom. The van der Waals surface area contributed by atoms with Gasteiger partial charge in [-0.05, 0) is 85.8 Å². The predicted molar refractivity (Wildman–Crippen MR) is 143 cm³/mol. The van der Waals surface area contributed by atoms with E-state index in [1.807, 2.05) is 66.9 Å². The number of H-pyrrole nitrogens is 1. The quantitative estimate of drug-likeness (QED) is 0.127. The van der Waals surface area contributed by atoms with Crippen molar-refractivity contribution < 1.29 is 23.9 Å². The molecule has 1 amide bonds. The second kappa shape index (κ2) is 12.1. The van der Waals surface area contributed by atoms with E-state index in [2.05, 4.69) is 20.7 Å². The van der Waals surface area contributed by atoms with Gasteiger partial charge in [0.15, 0.2) is 11.5 Å². The van der Waals surface area contributed by atoms with Crippen LogP contribution in [0.2, 0.25) is 0 Å². The lowest BCUT2D eigenvalue weighted by Gasteiger charge is -2.06. The van der Waals surface area contributed by atoms with Gasteiger partial charge < -0.3 is 14.6 Å². The third kappa shape index (κ3) is 6.47. The van der Waals surface area contributed by atoms with E-state index < -0.39 is 0 Å². The summed E-state index contributed by atoms with van der Waals surface area (Å²) in [5, 5.41) is 22.1. The molecule has 0 saturated heterocycles. The maximum atomic E-state index is 12.5. The van der Waals surface area contributed by atoms with Gasteiger partial charge in [-0.1, -0.05) is 17.7 Å². The number of phenols is 1. The zero-order valence-electron chi connectivity index (χ0n) is 20.8. The smallest absolute Gasteiger partial charge is 0.342 e. The summed E-state index contributed by atoms with van der Waals surface area (Å²) in [4.78, 5) is 12.5. The van der Waals surface area contributed by atoms with E-state index in [1.54, 1.807) is 19.2 Å². The molecule has 0 radical (unpaired) electrons. The number of hydrogen-bond donors (Lipinski definition) is 3. The van der Waals surface area contributed by atoms with Gasteiger partial charge >= 0.3 is 5.16 Å². The van der Waals surface area contributed by atoms with E-state index in [9.17, 15) is 9.90 Å². The Labute approximate surface area is 219 Å². The number of aryl methyl sites for hydroxylation is 1. The predicted octanol–water partition coefficient (Wildman–Crippen LogP) is 4.02. The van der Waals surface area contributed by atoms with Crippen LogP contribution in [0, 0.1) is 6.92 Å². The van der Waals surface area contributed by atoms with Crippen molar-refractivity contribution in [2.45, 2.75) is 19.0 Å². The van der Waals surface area contributed by atoms with Gasteiger partial charge in [-0.2, -0.15) is 9.67 Å². The topological polar surface area (TPSA) is 113 Å². The zero-order valence-corrected chi connectivity index (χ0v) is 21.6. The summed E-state index contributed by atoms with van der Waals surface area (Å²) < 4.78 is 12.6. The Kier molecular flexibility index (Phi) is 8.42. The fourth-order valence-electron chi connectivity index (χ4n) is 3.49. The van der Waals surface area contributed by atoms with Crippen LogP contribution >= 0.6 is 11.8 Å². The number of hydrogen-bond acceptors (Lipinski definition) is 7. The monoisotopic (exact) mass is 518 g/mol. The highest BCUT2D eigenvalue weighted by atomic mass is 32.2. The normalized spacial score (nSPS) is 11.0. The average Bonchev–Trinajstić information content (AvgIpc) is 3.34. The van der Waals surface area contributed by atoms with Crippen LogP contribution in [-0.4, -0.2) is 46.9 Å². The summed E-state index contributed by atoms with van der Waals surface area (Å²) in [6.45, 7) is 4.29. The number of carbonyl (C=O) groups is 1. The number of rotatable bonds is 10. The SMILES string of the molecule is CCOc1cc(C=NNC(=O)CSc2n[nH]c(-c3ccc(OC)cc3)[n+]2-c2ccc(C)cc2)ccc1O. The number of aromatic hydroxyl groups is 1. The number of benzene rings is 3. The molecule has 0 aliphatic heterocycles. The van der Waals surface area contributed by atoms with Crippen molar-refractivity contribution in [3.8, 4) is 34.3 Å². The van der Waals surface area contributed by atoms with Gasteiger partial charge in [-0.25, -0.2) is 5.43 Å². The summed E-state index contributed by atoms with van der Waals surface area (Å²) in [5.74, 6) is 1.78. The number of amides is 1. The van der Waals surface area contributed by atoms with Gasteiger partial charge in [0, 0.05) is 0 Å². The molecule has 37 heavy (non-hydrogen) atoms. The largest absolute Gasteiger partial charge is 0.504 e. The molecule has 0 aliphatic rings. The summed E-state index contributed by atoms with van der Waals surface area (Å²) in [6, 6.07) is 20.6. The molecule has 4 rings (SSSR count). The van der Waals surface area contributed by atoms with Gasteiger partial charge in [0.05, 0.1) is 36.3 Å². The van der Waals surface area contributed by atoms with E-state index in [0.717, 1.165) is 28.4 Å². The van der Waals surface area contributed by atoms with Gasteiger partial charge in [0.1, 0.15) is 11.4 Å². The Bertz CT molecular complexity index is 1390. The minimum Gasteiger partial charge on any atom is -0.504 e. The molecule has 1 heterocycles. The summed E-state index contributed by atoms with van der Waals surface area (Å²) in [5.41, 5.74) is 6.21. The number of thioether (sulfide) groups is 1. The van der Waals surface area contributed by atoms with Gasteiger partial charge in [-0.15, -0.1) is 5.10 Å². The first-order valence-corrected chi connectivity index (χ1v) is 12.6. The van der Waals surface area contributed by atoms with Crippen LogP contribution in [-0.2, 0) is 4.79 Å². The number of phenolic OH excluding ortho intramolecular Hbond substituents is 1. The number of nitrogens with zero attached hydrogens (tertiary/aromatic N) is 3. The number of nitrogens with one attached hydrogen (secondary N) is 2. The molecule has 0 atom stereocenters. The van der Waals surface area contributed by atoms with Crippen LogP contribution in [0.1, 0.15) is 18.1 Å². The molecule has 0 spiro atoms. The van der Waals surface area contributed by atoms with Crippen LogP contribution in [0.4, 0.5) is 0 Å². The number of hydrazone groups is 1. The van der Waals surface area contributed by atoms with Crippen LogP contribution in [0.5, 0.6) is 17.2 Å². The minimum atomic E-state index is -0.283. The maximum absolute atomic E-state index is 12.5. The molecule has 0 fully saturated rings. The van der Waals surface area contributed by atoms with Crippen molar-refractivity contribution in [1.82, 2.24) is 15.6 Å². The zero-order chi connectivity index (χ0) is 26.2. The fraction of sp³-hybridized carbons (Fsp3) is 0.185. The van der Waals surface area contributed by atoms with Crippen molar-refractivity contribution in [1.29, 1.82) is 0 Å². The maximum Gasteiger partial charge on any atom is 0.342 e. The summed E-state index contributed by atoms with van der Waals surface area (Å²) >= 11 is 1.29. The Balaban J connectivity index is 1.48. The molecular weight excluding hydrogens is 490 g/mol. The van der Waals surface area contributed by atoms with E-state index in [0.29, 0.717) is 23.1 Å². The van der Waals surface area contributed by atoms with Gasteiger partial charge in [-0.3, -0.25) is 4.79 Å². The van der Waals surface area contributed by atoms with E-state index >= 15 is 0 Å². The van der Waals surface area contributed by atoms with Crippen molar-refractivity contribution in [3.63, 3.8) is 0 Å². The number of aromatic amines is 1. The van der Waals surface area contributed by atoms with Crippen molar-refractivity contribution >= 4 is 23.9 Å². The molecule has 1 aromatic heterocycles. The molecule has 190 valence electrons. The van der Waals surface area contributed by atoms with Crippen molar-refractivity contribution in [2.75, 3.05) is 19.5 Å². The molecule has 4 aromatic rings. The van der Waals surface area contributed by atoms with Crippen LogP contribution in [0.3, 0.4) is 0 Å². The highest BCUT2D eigenvalue weighted by Crippen LogP contribution is 2.26. The summed E-state index contributed by atoms with van der Waals surface area (Å²) in [6.07, 6.45) is 1.49. The van der Waals surface area contributed by atoms with Crippen molar-refractivity contribution in [2.24, 2.45) is 5.10 Å².